The average Bonchev–Trinajstić information content (AvgIpc) is 3.27. The fourth-order valence-corrected chi connectivity index (χ4v) is 4.45. The molecule has 0 bridgehead atoms. The Morgan fingerprint density at radius 1 is 1.00 bits per heavy atom. The minimum Gasteiger partial charge on any atom is -0.348 e. The molecule has 0 radical (unpaired) electrons. The zero-order valence-electron chi connectivity index (χ0n) is 19.9. The van der Waals surface area contributed by atoms with Gasteiger partial charge in [0.15, 0.2) is 0 Å². The Balaban J connectivity index is 1.67. The number of benzene rings is 2. The summed E-state index contributed by atoms with van der Waals surface area (Å²) in [6.45, 7) is 7.95. The molecule has 0 unspecified atom stereocenters. The van der Waals surface area contributed by atoms with Gasteiger partial charge in [0.25, 0.3) is 5.91 Å². The maximum absolute atomic E-state index is 14.8. The number of hydrogen-bond donors (Lipinski definition) is 0. The van der Waals surface area contributed by atoms with Crippen LogP contribution in [0.1, 0.15) is 54.0 Å². The van der Waals surface area contributed by atoms with E-state index in [0.717, 1.165) is 5.69 Å². The molecule has 1 aliphatic heterocycles. The Labute approximate surface area is 198 Å². The number of aromatic nitrogens is 1. The lowest BCUT2D eigenvalue weighted by atomic mass is 9.98. The van der Waals surface area contributed by atoms with Gasteiger partial charge >= 0.3 is 0 Å². The van der Waals surface area contributed by atoms with Gasteiger partial charge in [-0.25, -0.2) is 8.78 Å². The predicted octanol–water partition coefficient (Wildman–Crippen LogP) is 4.95. The number of halogens is 2. The first-order valence-corrected chi connectivity index (χ1v) is 11.3. The molecular weight excluding hydrogens is 436 g/mol. The van der Waals surface area contributed by atoms with E-state index in [-0.39, 0.29) is 30.0 Å². The fourth-order valence-electron chi connectivity index (χ4n) is 4.45. The van der Waals surface area contributed by atoms with E-state index in [2.05, 4.69) is 0 Å². The Morgan fingerprint density at radius 3 is 2.41 bits per heavy atom. The summed E-state index contributed by atoms with van der Waals surface area (Å²) in [6, 6.07) is 13.8. The van der Waals surface area contributed by atoms with Gasteiger partial charge in [0.2, 0.25) is 5.91 Å². The maximum atomic E-state index is 14.8. The molecule has 0 fully saturated rings. The molecule has 2 aromatic carbocycles. The number of carbonyl (C=O) groups is 2. The van der Waals surface area contributed by atoms with Crippen LogP contribution in [0.2, 0.25) is 0 Å². The molecule has 3 aromatic rings. The van der Waals surface area contributed by atoms with E-state index < -0.39 is 11.6 Å². The van der Waals surface area contributed by atoms with Crippen molar-refractivity contribution in [3.8, 4) is 0 Å². The van der Waals surface area contributed by atoms with Gasteiger partial charge in [-0.1, -0.05) is 18.2 Å². The van der Waals surface area contributed by atoms with E-state index in [1.54, 1.807) is 30.0 Å². The molecule has 1 atom stereocenters. The average molecular weight is 466 g/mol. The monoisotopic (exact) mass is 465 g/mol. The minimum absolute atomic E-state index is 0.176. The minimum atomic E-state index is -0.668. The van der Waals surface area contributed by atoms with Crippen molar-refractivity contribution in [2.75, 3.05) is 13.1 Å². The summed E-state index contributed by atoms with van der Waals surface area (Å²) >= 11 is 0. The number of fused-ring (bicyclic) bond motifs is 1. The van der Waals surface area contributed by atoms with E-state index in [9.17, 15) is 18.4 Å². The summed E-state index contributed by atoms with van der Waals surface area (Å²) in [5.74, 6) is -1.40. The maximum Gasteiger partial charge on any atom is 0.254 e. The number of amides is 2. The number of hydrogen-bond acceptors (Lipinski definition) is 2. The van der Waals surface area contributed by atoms with Crippen molar-refractivity contribution < 1.29 is 18.4 Å². The second kappa shape index (κ2) is 9.05. The molecule has 2 amide bonds. The predicted molar refractivity (Wildman–Crippen MR) is 126 cm³/mol. The first-order chi connectivity index (χ1) is 16.1. The van der Waals surface area contributed by atoms with Gasteiger partial charge in [-0.05, 0) is 69.7 Å². The lowest BCUT2D eigenvalue weighted by Gasteiger charge is -2.41. The standard InChI is InChI=1S/C27H29F2N3O2/c1-18-16-19(11-12-21(18)28)26(34)32(27(2,3)4)17-24(33)31-15-14-30-13-7-10-23(30)25(31)20-8-5-6-9-22(20)29/h5-13,16,25H,14-15,17H2,1-4H3/t25-/m0/s1. The third kappa shape index (κ3) is 4.47. The molecule has 1 aliphatic rings. The van der Waals surface area contributed by atoms with Crippen molar-refractivity contribution >= 4 is 11.8 Å². The lowest BCUT2D eigenvalue weighted by molar-refractivity contribution is -0.135. The molecule has 0 N–H and O–H groups in total. The second-order valence-corrected chi connectivity index (χ2v) is 9.66. The molecule has 0 spiro atoms. The third-order valence-corrected chi connectivity index (χ3v) is 6.31. The van der Waals surface area contributed by atoms with E-state index in [4.69, 9.17) is 0 Å². The molecule has 0 saturated carbocycles. The zero-order valence-corrected chi connectivity index (χ0v) is 19.9. The molecule has 0 aliphatic carbocycles. The highest BCUT2D eigenvalue weighted by atomic mass is 19.1. The topological polar surface area (TPSA) is 45.6 Å². The van der Waals surface area contributed by atoms with Gasteiger partial charge in [0.05, 0.1) is 0 Å². The summed E-state index contributed by atoms with van der Waals surface area (Å²) in [5.41, 5.74) is 1.26. The van der Waals surface area contributed by atoms with Crippen LogP contribution in [0, 0.1) is 18.6 Å². The molecule has 4 rings (SSSR count). The Bertz CT molecular complexity index is 1230. The van der Waals surface area contributed by atoms with Crippen LogP contribution in [-0.2, 0) is 11.3 Å². The SMILES string of the molecule is Cc1cc(C(=O)N(CC(=O)N2CCn3cccc3[C@@H]2c2ccccc2F)C(C)(C)C)ccc1F. The molecule has 1 aromatic heterocycles. The van der Waals surface area contributed by atoms with Gasteiger partial charge in [0, 0.05) is 41.6 Å². The summed E-state index contributed by atoms with van der Waals surface area (Å²) in [6.07, 6.45) is 1.92. The van der Waals surface area contributed by atoms with Crippen LogP contribution in [0.15, 0.2) is 60.8 Å². The molecule has 5 nitrogen and oxygen atoms in total. The van der Waals surface area contributed by atoms with Crippen molar-refractivity contribution in [3.05, 3.63) is 94.8 Å². The molecule has 7 heteroatoms. The van der Waals surface area contributed by atoms with Gasteiger partial charge in [-0.15, -0.1) is 0 Å². The highest BCUT2D eigenvalue weighted by Crippen LogP contribution is 2.34. The van der Waals surface area contributed by atoms with Crippen LogP contribution in [0.25, 0.3) is 0 Å². The Hall–Kier alpha value is -3.48. The van der Waals surface area contributed by atoms with Crippen LogP contribution in [0.4, 0.5) is 8.78 Å². The summed E-state index contributed by atoms with van der Waals surface area (Å²) in [7, 11) is 0. The van der Waals surface area contributed by atoms with E-state index in [1.165, 1.54) is 29.2 Å². The Morgan fingerprint density at radius 2 is 1.74 bits per heavy atom. The molecule has 0 saturated heterocycles. The number of rotatable bonds is 4. The molecule has 178 valence electrons. The van der Waals surface area contributed by atoms with Crippen molar-refractivity contribution in [3.63, 3.8) is 0 Å². The lowest BCUT2D eigenvalue weighted by Crippen LogP contribution is -2.53. The highest BCUT2D eigenvalue weighted by Gasteiger charge is 2.37. The fraction of sp³-hybridized carbons (Fsp3) is 0.333. The van der Waals surface area contributed by atoms with Gasteiger partial charge in [-0.2, -0.15) is 0 Å². The van der Waals surface area contributed by atoms with E-state index in [0.29, 0.717) is 29.8 Å². The summed E-state index contributed by atoms with van der Waals surface area (Å²) < 4.78 is 30.6. The molecular formula is C27H29F2N3O2. The first kappa shape index (κ1) is 23.7. The Kier molecular flexibility index (Phi) is 6.30. The van der Waals surface area contributed by atoms with Gasteiger partial charge in [0.1, 0.15) is 24.2 Å². The van der Waals surface area contributed by atoms with Crippen LogP contribution in [-0.4, -0.2) is 44.8 Å². The second-order valence-electron chi connectivity index (χ2n) is 9.66. The number of carbonyl (C=O) groups excluding carboxylic acids is 2. The van der Waals surface area contributed by atoms with Gasteiger partial charge in [-0.3, -0.25) is 9.59 Å². The quantitative estimate of drug-likeness (QED) is 0.548. The van der Waals surface area contributed by atoms with Crippen molar-refractivity contribution in [2.45, 2.75) is 45.8 Å². The van der Waals surface area contributed by atoms with Gasteiger partial charge < -0.3 is 14.4 Å². The number of nitrogens with zero attached hydrogens (tertiary/aromatic N) is 3. The summed E-state index contributed by atoms with van der Waals surface area (Å²) in [4.78, 5) is 30.2. The van der Waals surface area contributed by atoms with Crippen molar-refractivity contribution in [1.29, 1.82) is 0 Å². The van der Waals surface area contributed by atoms with Crippen molar-refractivity contribution in [1.82, 2.24) is 14.4 Å². The van der Waals surface area contributed by atoms with E-state index in [1.807, 2.05) is 43.7 Å². The molecule has 34 heavy (non-hydrogen) atoms. The zero-order chi connectivity index (χ0) is 24.6. The largest absolute Gasteiger partial charge is 0.348 e. The van der Waals surface area contributed by atoms with Crippen LogP contribution < -0.4 is 0 Å². The third-order valence-electron chi connectivity index (χ3n) is 6.31. The van der Waals surface area contributed by atoms with E-state index >= 15 is 0 Å². The molecule has 2 heterocycles. The van der Waals surface area contributed by atoms with Crippen molar-refractivity contribution in [2.24, 2.45) is 0 Å². The van der Waals surface area contributed by atoms with Crippen LogP contribution in [0.3, 0.4) is 0 Å². The number of aryl methyl sites for hydroxylation is 1. The smallest absolute Gasteiger partial charge is 0.254 e. The van der Waals surface area contributed by atoms with Crippen LogP contribution in [0.5, 0.6) is 0 Å². The van der Waals surface area contributed by atoms with Crippen LogP contribution >= 0.6 is 0 Å². The normalized spacial score (nSPS) is 15.7. The highest BCUT2D eigenvalue weighted by molar-refractivity contribution is 5.97. The summed E-state index contributed by atoms with van der Waals surface area (Å²) in [5, 5.41) is 0. The first-order valence-electron chi connectivity index (χ1n) is 11.3.